The van der Waals surface area contributed by atoms with E-state index >= 15 is 0 Å². The number of hydrogen-bond acceptors (Lipinski definition) is 3. The molecule has 112 valence electrons. The highest BCUT2D eigenvalue weighted by Gasteiger charge is 2.31. The van der Waals surface area contributed by atoms with Crippen LogP contribution in [0.1, 0.15) is 17.3 Å². The lowest BCUT2D eigenvalue weighted by atomic mass is 10.1. The lowest BCUT2D eigenvalue weighted by molar-refractivity contribution is -0.121. The molecule has 1 aromatic rings. The van der Waals surface area contributed by atoms with Gasteiger partial charge >= 0.3 is 6.18 Å². The van der Waals surface area contributed by atoms with Crippen molar-refractivity contribution in [1.29, 1.82) is 0 Å². The van der Waals surface area contributed by atoms with Crippen LogP contribution in [0.2, 0.25) is 5.02 Å². The molecule has 0 aliphatic heterocycles. The Morgan fingerprint density at radius 3 is 2.35 bits per heavy atom. The van der Waals surface area contributed by atoms with Gasteiger partial charge in [-0.05, 0) is 19.1 Å². The third-order valence-electron chi connectivity index (χ3n) is 2.15. The number of carbonyl (C=O) groups excluding carboxylic acids is 1. The van der Waals surface area contributed by atoms with E-state index in [2.05, 4.69) is 0 Å². The minimum absolute atomic E-state index is 0.305. The zero-order valence-corrected chi connectivity index (χ0v) is 11.5. The molecule has 1 aromatic carbocycles. The number of ketones is 1. The maximum Gasteiger partial charge on any atom is 0.402 e. The number of benzene rings is 1. The van der Waals surface area contributed by atoms with E-state index in [1.54, 1.807) is 0 Å². The van der Waals surface area contributed by atoms with Crippen molar-refractivity contribution in [3.05, 3.63) is 28.5 Å². The molecule has 0 spiro atoms. The van der Waals surface area contributed by atoms with E-state index < -0.39 is 39.2 Å². The van der Waals surface area contributed by atoms with Crippen molar-refractivity contribution in [3.63, 3.8) is 0 Å². The maximum atomic E-state index is 13.5. The molecule has 1 N–H and O–H groups in total. The van der Waals surface area contributed by atoms with Crippen LogP contribution < -0.4 is 4.72 Å². The van der Waals surface area contributed by atoms with Crippen LogP contribution in [0.25, 0.3) is 0 Å². The largest absolute Gasteiger partial charge is 0.402 e. The van der Waals surface area contributed by atoms with Gasteiger partial charge in [0.05, 0.1) is 5.02 Å². The average molecular weight is 334 g/mol. The van der Waals surface area contributed by atoms with Gasteiger partial charge in [-0.1, -0.05) is 11.6 Å². The summed E-state index contributed by atoms with van der Waals surface area (Å²) >= 11 is 5.54. The summed E-state index contributed by atoms with van der Waals surface area (Å²) in [5, 5.41) is -0.329. The van der Waals surface area contributed by atoms with Crippen molar-refractivity contribution in [2.75, 3.05) is 6.54 Å². The molecule has 0 saturated heterocycles. The Morgan fingerprint density at radius 2 is 1.90 bits per heavy atom. The minimum Gasteiger partial charge on any atom is -0.294 e. The smallest absolute Gasteiger partial charge is 0.294 e. The third-order valence-corrected chi connectivity index (χ3v) is 3.88. The number of Topliss-reactive ketones (excluding diaryl/α,β-unsaturated/α-hetero) is 1. The molecule has 0 unspecified atom stereocenters. The minimum atomic E-state index is -4.79. The van der Waals surface area contributed by atoms with Crippen molar-refractivity contribution in [2.24, 2.45) is 0 Å². The Kier molecular flexibility index (Phi) is 4.78. The predicted molar refractivity (Wildman–Crippen MR) is 62.7 cm³/mol. The van der Waals surface area contributed by atoms with Crippen molar-refractivity contribution in [3.8, 4) is 0 Å². The fourth-order valence-corrected chi connectivity index (χ4v) is 2.64. The molecule has 0 aliphatic carbocycles. The first-order chi connectivity index (χ1) is 8.94. The summed E-state index contributed by atoms with van der Waals surface area (Å²) < 4.78 is 73.8. The van der Waals surface area contributed by atoms with Gasteiger partial charge in [0.25, 0.3) is 0 Å². The van der Waals surface area contributed by atoms with Crippen molar-refractivity contribution in [1.82, 2.24) is 4.72 Å². The summed E-state index contributed by atoms with van der Waals surface area (Å²) in [6.45, 7) is -0.800. The first-order valence-electron chi connectivity index (χ1n) is 5.00. The standard InChI is InChI=1S/C10H8ClF4NO3S/c1-5(17)6-2-9(8(12)3-7(6)11)20(18,19)16-4-10(13,14)15/h2-3,16H,4H2,1H3. The third kappa shape index (κ3) is 4.15. The van der Waals surface area contributed by atoms with Gasteiger partial charge < -0.3 is 0 Å². The Labute approximate surface area is 116 Å². The van der Waals surface area contributed by atoms with Crippen molar-refractivity contribution < 1.29 is 30.8 Å². The van der Waals surface area contributed by atoms with E-state index in [4.69, 9.17) is 11.6 Å². The second-order valence-electron chi connectivity index (χ2n) is 3.76. The molecule has 0 bridgehead atoms. The molecule has 0 atom stereocenters. The molecule has 0 aliphatic rings. The molecular formula is C10H8ClF4NO3S. The summed E-state index contributed by atoms with van der Waals surface area (Å²) in [7, 11) is -4.75. The van der Waals surface area contributed by atoms with Crippen LogP contribution in [0.4, 0.5) is 17.6 Å². The quantitative estimate of drug-likeness (QED) is 0.680. The van der Waals surface area contributed by atoms with E-state index in [-0.39, 0.29) is 10.6 Å². The highest BCUT2D eigenvalue weighted by Crippen LogP contribution is 2.25. The van der Waals surface area contributed by atoms with Crippen molar-refractivity contribution >= 4 is 27.4 Å². The van der Waals surface area contributed by atoms with Crippen LogP contribution in [0.3, 0.4) is 0 Å². The zero-order valence-electron chi connectivity index (χ0n) is 9.88. The summed E-state index contributed by atoms with van der Waals surface area (Å²) in [5.74, 6) is -2.00. The molecule has 1 rings (SSSR count). The molecule has 0 saturated carbocycles. The lowest BCUT2D eigenvalue weighted by Gasteiger charge is -2.11. The highest BCUT2D eigenvalue weighted by atomic mass is 35.5. The second-order valence-corrected chi connectivity index (χ2v) is 5.90. The zero-order chi connectivity index (χ0) is 15.7. The molecule has 0 fully saturated rings. The van der Waals surface area contributed by atoms with E-state index in [9.17, 15) is 30.8 Å². The van der Waals surface area contributed by atoms with E-state index in [0.29, 0.717) is 12.1 Å². The normalized spacial score (nSPS) is 12.5. The van der Waals surface area contributed by atoms with Gasteiger partial charge in [0.1, 0.15) is 17.3 Å². The lowest BCUT2D eigenvalue weighted by Crippen LogP contribution is -2.34. The number of halogens is 5. The van der Waals surface area contributed by atoms with Gasteiger partial charge in [0.2, 0.25) is 10.0 Å². The molecule has 4 nitrogen and oxygen atoms in total. The molecule has 0 aromatic heterocycles. The van der Waals surface area contributed by atoms with E-state index in [0.717, 1.165) is 6.92 Å². The van der Waals surface area contributed by atoms with Gasteiger partial charge in [0.15, 0.2) is 5.78 Å². The molecular weight excluding hydrogens is 326 g/mol. The number of sulfonamides is 1. The number of rotatable bonds is 4. The number of alkyl halides is 3. The van der Waals surface area contributed by atoms with E-state index in [1.165, 1.54) is 4.72 Å². The highest BCUT2D eigenvalue weighted by molar-refractivity contribution is 7.89. The van der Waals surface area contributed by atoms with Crippen LogP contribution >= 0.6 is 11.6 Å². The Hall–Kier alpha value is -1.19. The predicted octanol–water partition coefficient (Wildman–Crippen LogP) is 2.52. The fourth-order valence-electron chi connectivity index (χ4n) is 1.26. The molecule has 10 heteroatoms. The van der Waals surface area contributed by atoms with Gasteiger partial charge in [-0.15, -0.1) is 0 Å². The summed E-state index contributed by atoms with van der Waals surface area (Å²) in [6.07, 6.45) is -4.79. The van der Waals surface area contributed by atoms with Gasteiger partial charge in [-0.3, -0.25) is 4.79 Å². The molecule has 0 radical (unpaired) electrons. The van der Waals surface area contributed by atoms with Gasteiger partial charge in [0, 0.05) is 5.56 Å². The Morgan fingerprint density at radius 1 is 1.35 bits per heavy atom. The van der Waals surface area contributed by atoms with Crippen LogP contribution in [0.5, 0.6) is 0 Å². The Bertz CT molecular complexity index is 643. The first kappa shape index (κ1) is 16.9. The second kappa shape index (κ2) is 5.66. The Balaban J connectivity index is 3.25. The summed E-state index contributed by atoms with van der Waals surface area (Å²) in [4.78, 5) is 10.1. The number of hydrogen-bond donors (Lipinski definition) is 1. The van der Waals surface area contributed by atoms with Gasteiger partial charge in [-0.25, -0.2) is 17.5 Å². The topological polar surface area (TPSA) is 63.2 Å². The monoisotopic (exact) mass is 333 g/mol. The maximum absolute atomic E-state index is 13.5. The van der Waals surface area contributed by atoms with Crippen LogP contribution in [-0.4, -0.2) is 26.9 Å². The first-order valence-corrected chi connectivity index (χ1v) is 6.86. The SMILES string of the molecule is CC(=O)c1cc(S(=O)(=O)NCC(F)(F)F)c(F)cc1Cl. The molecule has 0 heterocycles. The summed E-state index contributed by atoms with van der Waals surface area (Å²) in [6, 6.07) is 1.15. The van der Waals surface area contributed by atoms with E-state index in [1.807, 2.05) is 0 Å². The van der Waals surface area contributed by atoms with Gasteiger partial charge in [-0.2, -0.15) is 13.2 Å². The molecule has 20 heavy (non-hydrogen) atoms. The fraction of sp³-hybridized carbons (Fsp3) is 0.300. The van der Waals surface area contributed by atoms with Crippen LogP contribution in [0.15, 0.2) is 17.0 Å². The van der Waals surface area contributed by atoms with Crippen LogP contribution in [-0.2, 0) is 10.0 Å². The average Bonchev–Trinajstić information content (AvgIpc) is 2.24. The van der Waals surface area contributed by atoms with Crippen LogP contribution in [0, 0.1) is 5.82 Å². The molecule has 0 amide bonds. The number of nitrogens with one attached hydrogen (secondary N) is 1. The number of carbonyl (C=O) groups is 1. The summed E-state index contributed by atoms with van der Waals surface area (Å²) in [5.41, 5.74) is -0.305. The van der Waals surface area contributed by atoms with Crippen molar-refractivity contribution in [2.45, 2.75) is 18.0 Å².